The third kappa shape index (κ3) is 5.07. The highest BCUT2D eigenvalue weighted by atomic mass is 16.2. The third-order valence-corrected chi connectivity index (χ3v) is 5.67. The van der Waals surface area contributed by atoms with Crippen molar-refractivity contribution in [2.75, 3.05) is 26.7 Å². The molecule has 26 heavy (non-hydrogen) atoms. The van der Waals surface area contributed by atoms with Gasteiger partial charge in [0.25, 0.3) is 5.91 Å². The van der Waals surface area contributed by atoms with Crippen molar-refractivity contribution in [3.05, 3.63) is 35.4 Å². The first-order valence-electron chi connectivity index (χ1n) is 9.98. The van der Waals surface area contributed by atoms with Gasteiger partial charge in [-0.25, -0.2) is 0 Å². The molecule has 1 saturated carbocycles. The molecule has 0 radical (unpaired) electrons. The first-order valence-corrected chi connectivity index (χ1v) is 9.98. The van der Waals surface area contributed by atoms with Crippen LogP contribution in [-0.4, -0.2) is 54.3 Å². The molecule has 2 amide bonds. The van der Waals surface area contributed by atoms with E-state index in [1.165, 1.54) is 32.1 Å². The number of amides is 2. The van der Waals surface area contributed by atoms with Gasteiger partial charge in [0.1, 0.15) is 0 Å². The Morgan fingerprint density at radius 2 is 1.69 bits per heavy atom. The first kappa shape index (κ1) is 18.9. The lowest BCUT2D eigenvalue weighted by molar-refractivity contribution is -0.122. The Kier molecular flexibility index (Phi) is 6.67. The number of rotatable bonds is 6. The molecule has 142 valence electrons. The van der Waals surface area contributed by atoms with Gasteiger partial charge in [-0.15, -0.1) is 0 Å². The average molecular weight is 357 g/mol. The lowest BCUT2D eigenvalue weighted by Gasteiger charge is -2.30. The second kappa shape index (κ2) is 9.17. The molecule has 0 bridgehead atoms. The molecule has 2 fully saturated rings. The van der Waals surface area contributed by atoms with E-state index in [4.69, 9.17) is 0 Å². The second-order valence-electron chi connectivity index (χ2n) is 7.68. The highest BCUT2D eigenvalue weighted by Crippen LogP contribution is 2.21. The average Bonchev–Trinajstić information content (AvgIpc) is 3.21. The van der Waals surface area contributed by atoms with Gasteiger partial charge in [-0.2, -0.15) is 0 Å². The highest BCUT2D eigenvalue weighted by molar-refractivity contribution is 5.94. The summed E-state index contributed by atoms with van der Waals surface area (Å²) in [5, 5.41) is 3.00. The molecule has 0 spiro atoms. The molecule has 1 saturated heterocycles. The Morgan fingerprint density at radius 3 is 2.35 bits per heavy atom. The summed E-state index contributed by atoms with van der Waals surface area (Å²) in [5.74, 6) is 0.183. The molecule has 0 atom stereocenters. The first-order chi connectivity index (χ1) is 12.6. The maximum Gasteiger partial charge on any atom is 0.253 e. The Balaban J connectivity index is 1.43. The summed E-state index contributed by atoms with van der Waals surface area (Å²) in [7, 11) is 2.05. The topological polar surface area (TPSA) is 52.7 Å². The summed E-state index contributed by atoms with van der Waals surface area (Å²) in [6.45, 7) is 2.70. The van der Waals surface area contributed by atoms with Gasteiger partial charge in [0.2, 0.25) is 5.91 Å². The van der Waals surface area contributed by atoms with Crippen molar-refractivity contribution in [2.24, 2.45) is 0 Å². The Labute approximate surface area is 156 Å². The second-order valence-corrected chi connectivity index (χ2v) is 7.68. The van der Waals surface area contributed by atoms with Crippen LogP contribution in [0.25, 0.3) is 0 Å². The van der Waals surface area contributed by atoms with Gasteiger partial charge in [0.05, 0.1) is 6.54 Å². The smallest absolute Gasteiger partial charge is 0.253 e. The number of hydrogen-bond donors (Lipinski definition) is 1. The molecule has 1 heterocycles. The van der Waals surface area contributed by atoms with E-state index >= 15 is 0 Å². The van der Waals surface area contributed by atoms with Crippen molar-refractivity contribution in [2.45, 2.75) is 57.5 Å². The van der Waals surface area contributed by atoms with Crippen LogP contribution in [0, 0.1) is 0 Å². The van der Waals surface area contributed by atoms with Gasteiger partial charge < -0.3 is 10.2 Å². The van der Waals surface area contributed by atoms with Crippen molar-refractivity contribution < 1.29 is 9.59 Å². The summed E-state index contributed by atoms with van der Waals surface area (Å²) in [5.41, 5.74) is 1.76. The molecule has 1 aromatic carbocycles. The molecule has 2 aliphatic rings. The summed E-state index contributed by atoms with van der Waals surface area (Å²) in [6.07, 6.45) is 8.49. The Morgan fingerprint density at radius 1 is 1.04 bits per heavy atom. The normalized spacial score (nSPS) is 18.3. The fourth-order valence-corrected chi connectivity index (χ4v) is 4.00. The minimum Gasteiger partial charge on any atom is -0.351 e. The molecule has 1 aliphatic carbocycles. The van der Waals surface area contributed by atoms with Crippen molar-refractivity contribution in [1.82, 2.24) is 15.1 Å². The van der Waals surface area contributed by atoms with Crippen molar-refractivity contribution >= 4 is 11.8 Å². The van der Waals surface area contributed by atoms with Crippen LogP contribution in [0.5, 0.6) is 0 Å². The van der Waals surface area contributed by atoms with E-state index in [2.05, 4.69) is 10.2 Å². The lowest BCUT2D eigenvalue weighted by Crippen LogP contribution is -2.41. The monoisotopic (exact) mass is 357 g/mol. The fourth-order valence-electron chi connectivity index (χ4n) is 4.00. The zero-order valence-corrected chi connectivity index (χ0v) is 15.9. The molecule has 3 rings (SSSR count). The third-order valence-electron chi connectivity index (χ3n) is 5.67. The predicted molar refractivity (Wildman–Crippen MR) is 103 cm³/mol. The number of hydrogen-bond acceptors (Lipinski definition) is 3. The summed E-state index contributed by atoms with van der Waals surface area (Å²) >= 11 is 0. The minimum absolute atomic E-state index is 0.0651. The largest absolute Gasteiger partial charge is 0.351 e. The summed E-state index contributed by atoms with van der Waals surface area (Å²) in [4.78, 5) is 28.7. The van der Waals surface area contributed by atoms with Crippen molar-refractivity contribution in [3.63, 3.8) is 0 Å². The molecule has 5 heteroatoms. The lowest BCUT2D eigenvalue weighted by atomic mass is 9.94. The summed E-state index contributed by atoms with van der Waals surface area (Å²) in [6, 6.07) is 8.17. The Bertz CT molecular complexity index is 602. The van der Waals surface area contributed by atoms with Crippen LogP contribution in [0.15, 0.2) is 24.3 Å². The number of likely N-dealkylation sites (tertiary alicyclic amines) is 1. The number of nitrogens with zero attached hydrogens (tertiary/aromatic N) is 2. The fraction of sp³-hybridized carbons (Fsp3) is 0.619. The SMILES string of the molecule is CN(CC(=O)NCc1ccc(C(=O)N2CCCC2)cc1)C1CCCCC1. The van der Waals surface area contributed by atoms with Crippen LogP contribution in [0.1, 0.15) is 60.9 Å². The van der Waals surface area contributed by atoms with Crippen LogP contribution in [-0.2, 0) is 11.3 Å². The molecule has 1 aliphatic heterocycles. The van der Waals surface area contributed by atoms with Crippen LogP contribution in [0.2, 0.25) is 0 Å². The zero-order valence-electron chi connectivity index (χ0n) is 15.9. The standard InChI is InChI=1S/C21H31N3O2/c1-23(19-7-3-2-4-8-19)16-20(25)22-15-17-9-11-18(12-10-17)21(26)24-13-5-6-14-24/h9-12,19H,2-8,13-16H2,1H3,(H,22,25). The van der Waals surface area contributed by atoms with Crippen molar-refractivity contribution in [1.29, 1.82) is 0 Å². The van der Waals surface area contributed by atoms with Crippen LogP contribution in [0.4, 0.5) is 0 Å². The number of carbonyl (C=O) groups excluding carboxylic acids is 2. The number of benzene rings is 1. The number of nitrogens with one attached hydrogen (secondary N) is 1. The van der Waals surface area contributed by atoms with Crippen LogP contribution >= 0.6 is 0 Å². The number of carbonyl (C=O) groups is 2. The maximum absolute atomic E-state index is 12.3. The maximum atomic E-state index is 12.3. The molecule has 1 aromatic rings. The van der Waals surface area contributed by atoms with E-state index in [9.17, 15) is 9.59 Å². The Hall–Kier alpha value is -1.88. The molecule has 0 unspecified atom stereocenters. The molecule has 0 aromatic heterocycles. The molecular formula is C21H31N3O2. The minimum atomic E-state index is 0.0651. The van der Waals surface area contributed by atoms with Crippen molar-refractivity contribution in [3.8, 4) is 0 Å². The van der Waals surface area contributed by atoms with Gasteiger partial charge in [-0.3, -0.25) is 14.5 Å². The van der Waals surface area contributed by atoms with E-state index < -0.39 is 0 Å². The van der Waals surface area contributed by atoms with Gasteiger partial charge >= 0.3 is 0 Å². The highest BCUT2D eigenvalue weighted by Gasteiger charge is 2.20. The van der Waals surface area contributed by atoms with Crippen LogP contribution < -0.4 is 5.32 Å². The summed E-state index contributed by atoms with van der Waals surface area (Å²) < 4.78 is 0. The van der Waals surface area contributed by atoms with Crippen LogP contribution in [0.3, 0.4) is 0 Å². The van der Waals surface area contributed by atoms with E-state index in [1.54, 1.807) is 0 Å². The number of likely N-dealkylation sites (N-methyl/N-ethyl adjacent to an activating group) is 1. The van der Waals surface area contributed by atoms with E-state index in [-0.39, 0.29) is 11.8 Å². The quantitative estimate of drug-likeness (QED) is 0.852. The van der Waals surface area contributed by atoms with E-state index in [0.29, 0.717) is 19.1 Å². The van der Waals surface area contributed by atoms with Gasteiger partial charge in [0.15, 0.2) is 0 Å². The molecular weight excluding hydrogens is 326 g/mol. The van der Waals surface area contributed by atoms with E-state index in [0.717, 1.165) is 37.1 Å². The van der Waals surface area contributed by atoms with Gasteiger partial charge in [-0.1, -0.05) is 31.4 Å². The zero-order chi connectivity index (χ0) is 18.4. The van der Waals surface area contributed by atoms with E-state index in [1.807, 2.05) is 36.2 Å². The molecule has 5 nitrogen and oxygen atoms in total. The van der Waals surface area contributed by atoms with Gasteiger partial charge in [0, 0.05) is 31.2 Å². The molecule has 1 N–H and O–H groups in total. The predicted octanol–water partition coefficient (Wildman–Crippen LogP) is 2.80. The van der Waals surface area contributed by atoms with Gasteiger partial charge in [-0.05, 0) is 50.4 Å².